The first-order chi connectivity index (χ1) is 13.1. The normalized spacial score (nSPS) is 27.4. The Morgan fingerprint density at radius 3 is 2.56 bits per heavy atom. The second kappa shape index (κ2) is 5.80. The summed E-state index contributed by atoms with van der Waals surface area (Å²) in [6.45, 7) is 4.70. The maximum absolute atomic E-state index is 5.77. The van der Waals surface area contributed by atoms with Gasteiger partial charge < -0.3 is 23.4 Å². The van der Waals surface area contributed by atoms with E-state index in [0.717, 1.165) is 47.0 Å². The van der Waals surface area contributed by atoms with Gasteiger partial charge in [0.25, 0.3) is 0 Å². The summed E-state index contributed by atoms with van der Waals surface area (Å²) >= 11 is 0. The molecule has 5 nitrogen and oxygen atoms in total. The van der Waals surface area contributed by atoms with Crippen molar-refractivity contribution in [3.8, 4) is 23.0 Å². The number of benzene rings is 2. The van der Waals surface area contributed by atoms with Crippen molar-refractivity contribution in [1.82, 2.24) is 0 Å². The van der Waals surface area contributed by atoms with Crippen LogP contribution in [0.4, 0.5) is 0 Å². The molecule has 0 radical (unpaired) electrons. The number of likely N-dealkylation sites (N-methyl/N-ethyl adjacent to an activating group) is 1. The average Bonchev–Trinajstić information content (AvgIpc) is 3.12. The van der Waals surface area contributed by atoms with E-state index in [1.54, 1.807) is 14.2 Å². The molecular formula is C22H26NO4+. The van der Waals surface area contributed by atoms with E-state index in [2.05, 4.69) is 32.2 Å². The molecule has 0 amide bonds. The number of rotatable bonds is 2. The molecule has 0 aromatic heterocycles. The van der Waals surface area contributed by atoms with Crippen LogP contribution in [0, 0.1) is 0 Å². The summed E-state index contributed by atoms with van der Waals surface area (Å²) in [7, 11) is 5.81. The zero-order valence-corrected chi connectivity index (χ0v) is 16.4. The van der Waals surface area contributed by atoms with Gasteiger partial charge in [0.1, 0.15) is 12.6 Å². The minimum Gasteiger partial charge on any atom is -0.493 e. The van der Waals surface area contributed by atoms with Gasteiger partial charge >= 0.3 is 0 Å². The fraction of sp³-hybridized carbons (Fsp3) is 0.455. The smallest absolute Gasteiger partial charge is 0.231 e. The highest BCUT2D eigenvalue weighted by Gasteiger charge is 2.48. The van der Waals surface area contributed by atoms with Gasteiger partial charge in [0, 0.05) is 17.9 Å². The van der Waals surface area contributed by atoms with Gasteiger partial charge in [-0.25, -0.2) is 0 Å². The number of methoxy groups -OCH3 is 2. The molecule has 0 N–H and O–H groups in total. The molecule has 3 atom stereocenters. The first-order valence-corrected chi connectivity index (χ1v) is 9.56. The molecule has 0 saturated carbocycles. The van der Waals surface area contributed by atoms with Crippen molar-refractivity contribution < 1.29 is 23.4 Å². The monoisotopic (exact) mass is 368 g/mol. The summed E-state index contributed by atoms with van der Waals surface area (Å²) < 4.78 is 23.6. The fourth-order valence-electron chi connectivity index (χ4n) is 5.46. The molecule has 2 aromatic rings. The topological polar surface area (TPSA) is 36.9 Å². The first kappa shape index (κ1) is 16.8. The van der Waals surface area contributed by atoms with Crippen LogP contribution in [0.2, 0.25) is 0 Å². The van der Waals surface area contributed by atoms with E-state index in [9.17, 15) is 0 Å². The zero-order valence-electron chi connectivity index (χ0n) is 16.4. The lowest BCUT2D eigenvalue weighted by Gasteiger charge is -2.51. The Balaban J connectivity index is 1.67. The van der Waals surface area contributed by atoms with Crippen LogP contribution in [-0.2, 0) is 13.0 Å². The highest BCUT2D eigenvalue weighted by atomic mass is 16.7. The molecular weight excluding hydrogens is 342 g/mol. The molecule has 3 heterocycles. The lowest BCUT2D eigenvalue weighted by atomic mass is 9.75. The summed E-state index contributed by atoms with van der Waals surface area (Å²) in [5.74, 6) is 3.84. The summed E-state index contributed by atoms with van der Waals surface area (Å²) in [6.07, 6.45) is 1.05. The standard InChI is InChI=1S/C22H26NO4/c1-13-15-5-6-18(24-3)22(25-4)17(15)11-23(2)8-7-14-9-19-20(27-12-26-19)10-16(14)21(13)23/h5-6,9-10,13,21H,7-8,11-12H2,1-4H3/q+1/t13-,21+,23+/m1/s1. The molecule has 2 aromatic carbocycles. The Bertz CT molecular complexity index is 925. The Morgan fingerprint density at radius 1 is 1.04 bits per heavy atom. The van der Waals surface area contributed by atoms with Crippen LogP contribution < -0.4 is 18.9 Å². The molecule has 0 saturated heterocycles. The van der Waals surface area contributed by atoms with E-state index in [4.69, 9.17) is 18.9 Å². The lowest BCUT2D eigenvalue weighted by Crippen LogP contribution is -2.54. The van der Waals surface area contributed by atoms with Gasteiger partial charge in [0.2, 0.25) is 6.79 Å². The Morgan fingerprint density at radius 2 is 1.81 bits per heavy atom. The molecule has 3 aliphatic rings. The summed E-state index contributed by atoms with van der Waals surface area (Å²) in [5, 5.41) is 0. The van der Waals surface area contributed by atoms with Crippen molar-refractivity contribution in [2.24, 2.45) is 0 Å². The summed E-state index contributed by atoms with van der Waals surface area (Å²) in [4.78, 5) is 0. The number of hydrogen-bond donors (Lipinski definition) is 0. The average molecular weight is 368 g/mol. The van der Waals surface area contributed by atoms with Crippen molar-refractivity contribution in [1.29, 1.82) is 0 Å². The molecule has 5 heteroatoms. The van der Waals surface area contributed by atoms with Crippen LogP contribution in [0.5, 0.6) is 23.0 Å². The van der Waals surface area contributed by atoms with Crippen LogP contribution in [0.3, 0.4) is 0 Å². The van der Waals surface area contributed by atoms with Crippen molar-refractivity contribution >= 4 is 0 Å². The fourth-order valence-corrected chi connectivity index (χ4v) is 5.46. The number of fused-ring (bicyclic) bond motifs is 5. The molecule has 0 aliphatic carbocycles. The maximum atomic E-state index is 5.77. The van der Waals surface area contributed by atoms with E-state index in [1.807, 2.05) is 6.07 Å². The van der Waals surface area contributed by atoms with Crippen LogP contribution in [0.1, 0.15) is 41.1 Å². The Hall–Kier alpha value is -2.40. The quantitative estimate of drug-likeness (QED) is 0.756. The van der Waals surface area contributed by atoms with E-state index in [-0.39, 0.29) is 0 Å². The van der Waals surface area contributed by atoms with Crippen molar-refractivity contribution in [3.63, 3.8) is 0 Å². The largest absolute Gasteiger partial charge is 0.493 e. The number of nitrogens with zero attached hydrogens (tertiary/aromatic N) is 1. The van der Waals surface area contributed by atoms with Gasteiger partial charge in [0.15, 0.2) is 23.0 Å². The summed E-state index contributed by atoms with van der Waals surface area (Å²) in [6, 6.07) is 9.06. The van der Waals surface area contributed by atoms with Crippen molar-refractivity contribution in [2.75, 3.05) is 34.6 Å². The van der Waals surface area contributed by atoms with Crippen molar-refractivity contribution in [3.05, 3.63) is 46.5 Å². The highest BCUT2D eigenvalue weighted by Crippen LogP contribution is 2.54. The van der Waals surface area contributed by atoms with E-state index in [0.29, 0.717) is 18.8 Å². The second-order valence-corrected chi connectivity index (χ2v) is 8.12. The van der Waals surface area contributed by atoms with Gasteiger partial charge in [0.05, 0.1) is 33.4 Å². The molecule has 27 heavy (non-hydrogen) atoms. The number of ether oxygens (including phenoxy) is 4. The predicted molar refractivity (Wildman–Crippen MR) is 102 cm³/mol. The molecule has 3 aliphatic heterocycles. The molecule has 0 bridgehead atoms. The zero-order chi connectivity index (χ0) is 18.8. The number of quaternary nitrogens is 1. The third-order valence-corrected chi connectivity index (χ3v) is 6.68. The minimum atomic E-state index is 0.324. The predicted octanol–water partition coefficient (Wildman–Crippen LogP) is 3.79. The molecule has 5 rings (SSSR count). The Kier molecular flexibility index (Phi) is 3.60. The maximum Gasteiger partial charge on any atom is 0.231 e. The molecule has 0 unspecified atom stereocenters. The molecule has 0 spiro atoms. The minimum absolute atomic E-state index is 0.324. The van der Waals surface area contributed by atoms with Gasteiger partial charge in [-0.15, -0.1) is 0 Å². The van der Waals surface area contributed by atoms with Gasteiger partial charge in [-0.2, -0.15) is 0 Å². The summed E-state index contributed by atoms with van der Waals surface area (Å²) in [5.41, 5.74) is 5.45. The third kappa shape index (κ3) is 2.27. The van der Waals surface area contributed by atoms with Crippen LogP contribution >= 0.6 is 0 Å². The molecule has 0 fully saturated rings. The van der Waals surface area contributed by atoms with Gasteiger partial charge in [-0.1, -0.05) is 13.0 Å². The van der Waals surface area contributed by atoms with E-state index < -0.39 is 0 Å². The number of hydrogen-bond acceptors (Lipinski definition) is 4. The Labute approximate surface area is 160 Å². The van der Waals surface area contributed by atoms with Gasteiger partial charge in [-0.3, -0.25) is 0 Å². The lowest BCUT2D eigenvalue weighted by molar-refractivity contribution is -0.957. The molecule has 142 valence electrons. The van der Waals surface area contributed by atoms with Crippen LogP contribution in [0.15, 0.2) is 24.3 Å². The van der Waals surface area contributed by atoms with Gasteiger partial charge in [-0.05, 0) is 29.3 Å². The first-order valence-electron chi connectivity index (χ1n) is 9.56. The SMILES string of the molecule is COc1ccc2c(c1OC)C[N@+]1(C)CCc3cc4c(cc3[C@@H]1[C@@H]2C)OCO4. The van der Waals surface area contributed by atoms with Crippen molar-refractivity contribution in [2.45, 2.75) is 31.8 Å². The van der Waals surface area contributed by atoms with E-state index in [1.165, 1.54) is 22.3 Å². The highest BCUT2D eigenvalue weighted by molar-refractivity contribution is 5.55. The van der Waals surface area contributed by atoms with E-state index >= 15 is 0 Å². The third-order valence-electron chi connectivity index (χ3n) is 6.68. The van der Waals surface area contributed by atoms with Crippen LogP contribution in [0.25, 0.3) is 0 Å². The second-order valence-electron chi connectivity index (χ2n) is 8.12. The van der Waals surface area contributed by atoms with Crippen LogP contribution in [-0.4, -0.2) is 39.1 Å².